The van der Waals surface area contributed by atoms with Crippen LogP contribution in [0.15, 0.2) is 0 Å². The Morgan fingerprint density at radius 2 is 2.22 bits per heavy atom. The molecular weight excluding hydrogens is 120 g/mol. The lowest BCUT2D eigenvalue weighted by Gasteiger charge is -2.02. The van der Waals surface area contributed by atoms with Gasteiger partial charge in [-0.05, 0) is 6.92 Å². The molecule has 0 radical (unpaired) electrons. The number of nitrogens with one attached hydrogen (secondary N) is 2. The Hall–Kier alpha value is -0.770. The number of ether oxygens (including phenoxy) is 1. The van der Waals surface area contributed by atoms with Crippen LogP contribution in [0.2, 0.25) is 0 Å². The quantitative estimate of drug-likeness (QED) is 0.541. The van der Waals surface area contributed by atoms with E-state index in [9.17, 15) is 4.79 Å². The predicted molar refractivity (Wildman–Crippen MR) is 33.8 cm³/mol. The molecule has 0 saturated heterocycles. The fourth-order valence-corrected chi connectivity index (χ4v) is 0.328. The first-order valence-electron chi connectivity index (χ1n) is 2.96. The zero-order valence-corrected chi connectivity index (χ0v) is 5.73. The molecule has 0 saturated carbocycles. The van der Waals surface area contributed by atoms with Gasteiger partial charge in [0.15, 0.2) is 0 Å². The largest absolute Gasteiger partial charge is 0.449 e. The number of amides is 1. The zero-order chi connectivity index (χ0) is 7.11. The highest BCUT2D eigenvalue weighted by molar-refractivity contribution is 5.66. The van der Waals surface area contributed by atoms with E-state index in [1.165, 1.54) is 0 Å². The number of rotatable bonds is 3. The monoisotopic (exact) mass is 132 g/mol. The van der Waals surface area contributed by atoms with Crippen LogP contribution in [-0.2, 0) is 4.74 Å². The summed E-state index contributed by atoms with van der Waals surface area (Å²) in [7, 11) is 0. The molecule has 4 heteroatoms. The van der Waals surface area contributed by atoms with Crippen LogP contribution in [0, 0.1) is 0 Å². The van der Waals surface area contributed by atoms with Gasteiger partial charge in [0.1, 0.15) is 0 Å². The molecule has 2 N–H and O–H groups in total. The lowest BCUT2D eigenvalue weighted by atomic mass is 10.8. The highest BCUT2D eigenvalue weighted by Crippen LogP contribution is 1.71. The van der Waals surface area contributed by atoms with Gasteiger partial charge >= 0.3 is 6.09 Å². The number of hydrogen-bond donors (Lipinski definition) is 2. The maximum atomic E-state index is 10.4. The van der Waals surface area contributed by atoms with E-state index in [2.05, 4.69) is 15.6 Å². The average molecular weight is 132 g/mol. The Kier molecular flexibility index (Phi) is 4.91. The number of hydrogen-bond acceptors (Lipinski definition) is 3. The van der Waals surface area contributed by atoms with Gasteiger partial charge in [-0.15, -0.1) is 0 Å². The molecule has 9 heavy (non-hydrogen) atoms. The minimum atomic E-state index is -0.431. The fourth-order valence-electron chi connectivity index (χ4n) is 0.328. The lowest BCUT2D eigenvalue weighted by molar-refractivity contribution is 0.147. The van der Waals surface area contributed by atoms with Crippen molar-refractivity contribution in [2.24, 2.45) is 0 Å². The van der Waals surface area contributed by atoms with Gasteiger partial charge < -0.3 is 4.74 Å². The molecule has 0 fully saturated rings. The van der Waals surface area contributed by atoms with Crippen LogP contribution >= 0.6 is 0 Å². The summed E-state index contributed by atoms with van der Waals surface area (Å²) in [6, 6.07) is 0. The molecular formula is C5H12N2O2. The Labute approximate surface area is 54.5 Å². The number of carbonyl (C=O) groups is 1. The van der Waals surface area contributed by atoms with Crippen molar-refractivity contribution in [1.82, 2.24) is 10.9 Å². The van der Waals surface area contributed by atoms with Crippen LogP contribution in [0.1, 0.15) is 13.8 Å². The van der Waals surface area contributed by atoms with E-state index in [1.807, 2.05) is 6.92 Å². The second-order valence-corrected chi connectivity index (χ2v) is 1.38. The van der Waals surface area contributed by atoms with E-state index in [1.54, 1.807) is 6.92 Å². The molecule has 0 unspecified atom stereocenters. The van der Waals surface area contributed by atoms with Crippen molar-refractivity contribution in [3.63, 3.8) is 0 Å². The van der Waals surface area contributed by atoms with Crippen LogP contribution < -0.4 is 10.9 Å². The molecule has 0 aromatic heterocycles. The minimum Gasteiger partial charge on any atom is -0.449 e. The molecule has 0 atom stereocenters. The van der Waals surface area contributed by atoms with Crippen molar-refractivity contribution < 1.29 is 9.53 Å². The molecule has 1 amide bonds. The zero-order valence-electron chi connectivity index (χ0n) is 5.73. The lowest BCUT2D eigenvalue weighted by Crippen LogP contribution is -2.37. The van der Waals surface area contributed by atoms with Crippen molar-refractivity contribution >= 4 is 6.09 Å². The van der Waals surface area contributed by atoms with Crippen LogP contribution in [0.4, 0.5) is 4.79 Å². The van der Waals surface area contributed by atoms with E-state index >= 15 is 0 Å². The SMILES string of the molecule is CCNNC(=O)OCC. The molecule has 54 valence electrons. The van der Waals surface area contributed by atoms with Crippen molar-refractivity contribution in [3.8, 4) is 0 Å². The summed E-state index contributed by atoms with van der Waals surface area (Å²) >= 11 is 0. The molecule has 0 aliphatic heterocycles. The highest BCUT2D eigenvalue weighted by Gasteiger charge is 1.94. The Balaban J connectivity index is 3.06. The maximum Gasteiger partial charge on any atom is 0.421 e. The van der Waals surface area contributed by atoms with Crippen molar-refractivity contribution in [3.05, 3.63) is 0 Å². The van der Waals surface area contributed by atoms with Gasteiger partial charge in [-0.3, -0.25) is 5.43 Å². The first-order valence-corrected chi connectivity index (χ1v) is 2.96. The summed E-state index contributed by atoms with van der Waals surface area (Å²) in [5.41, 5.74) is 4.93. The van der Waals surface area contributed by atoms with Gasteiger partial charge in [0.25, 0.3) is 0 Å². The first kappa shape index (κ1) is 8.23. The van der Waals surface area contributed by atoms with Gasteiger partial charge in [-0.1, -0.05) is 6.92 Å². The highest BCUT2D eigenvalue weighted by atomic mass is 16.5. The van der Waals surface area contributed by atoms with Gasteiger partial charge in [0, 0.05) is 6.54 Å². The van der Waals surface area contributed by atoms with Gasteiger partial charge in [-0.25, -0.2) is 10.2 Å². The molecule has 0 heterocycles. The molecule has 0 spiro atoms. The van der Waals surface area contributed by atoms with E-state index in [-0.39, 0.29) is 0 Å². The molecule has 0 aromatic carbocycles. The van der Waals surface area contributed by atoms with E-state index in [0.717, 1.165) is 0 Å². The third-order valence-electron chi connectivity index (χ3n) is 0.643. The first-order chi connectivity index (χ1) is 4.31. The maximum absolute atomic E-state index is 10.4. The van der Waals surface area contributed by atoms with Crippen LogP contribution in [-0.4, -0.2) is 19.2 Å². The summed E-state index contributed by atoms with van der Waals surface area (Å²) < 4.78 is 4.53. The van der Waals surface area contributed by atoms with Crippen molar-refractivity contribution in [2.75, 3.05) is 13.2 Å². The summed E-state index contributed by atoms with van der Waals surface area (Å²) in [6.07, 6.45) is -0.431. The minimum absolute atomic E-state index is 0.400. The second kappa shape index (κ2) is 5.37. The predicted octanol–water partition coefficient (Wildman–Crippen LogP) is 0.257. The molecule has 0 aliphatic carbocycles. The standard InChI is InChI=1S/C5H12N2O2/c1-3-6-7-5(8)9-4-2/h6H,3-4H2,1-2H3,(H,7,8). The second-order valence-electron chi connectivity index (χ2n) is 1.38. The smallest absolute Gasteiger partial charge is 0.421 e. The molecule has 0 aliphatic rings. The molecule has 0 rings (SSSR count). The van der Waals surface area contributed by atoms with Gasteiger partial charge in [0.2, 0.25) is 0 Å². The summed E-state index contributed by atoms with van der Waals surface area (Å²) in [5.74, 6) is 0. The van der Waals surface area contributed by atoms with Gasteiger partial charge in [-0.2, -0.15) is 0 Å². The van der Waals surface area contributed by atoms with E-state index < -0.39 is 6.09 Å². The van der Waals surface area contributed by atoms with Crippen molar-refractivity contribution in [1.29, 1.82) is 0 Å². The van der Waals surface area contributed by atoms with Crippen LogP contribution in [0.3, 0.4) is 0 Å². The summed E-state index contributed by atoms with van der Waals surface area (Å²) in [4.78, 5) is 10.4. The van der Waals surface area contributed by atoms with Crippen molar-refractivity contribution in [2.45, 2.75) is 13.8 Å². The van der Waals surface area contributed by atoms with E-state index in [4.69, 9.17) is 0 Å². The summed E-state index contributed by atoms with van der Waals surface area (Å²) in [6.45, 7) is 4.73. The van der Waals surface area contributed by atoms with Crippen LogP contribution in [0.5, 0.6) is 0 Å². The fraction of sp³-hybridized carbons (Fsp3) is 0.800. The third-order valence-corrected chi connectivity index (χ3v) is 0.643. The average Bonchev–Trinajstić information content (AvgIpc) is 1.85. The Morgan fingerprint density at radius 3 is 2.67 bits per heavy atom. The number of carbonyl (C=O) groups excluding carboxylic acids is 1. The van der Waals surface area contributed by atoms with E-state index in [0.29, 0.717) is 13.2 Å². The Morgan fingerprint density at radius 1 is 1.56 bits per heavy atom. The molecule has 0 bridgehead atoms. The normalized spacial score (nSPS) is 8.67. The Bertz CT molecular complexity index is 85.0. The summed E-state index contributed by atoms with van der Waals surface area (Å²) in [5, 5.41) is 0. The molecule has 0 aromatic rings. The number of hydrazine groups is 1. The third kappa shape index (κ3) is 5.10. The molecule has 4 nitrogen and oxygen atoms in total. The van der Waals surface area contributed by atoms with Gasteiger partial charge in [0.05, 0.1) is 6.61 Å². The topological polar surface area (TPSA) is 50.4 Å². The van der Waals surface area contributed by atoms with Crippen LogP contribution in [0.25, 0.3) is 0 Å².